The van der Waals surface area contributed by atoms with Crippen LogP contribution in [0.15, 0.2) is 30.3 Å². The number of nitrogens with zero attached hydrogens (tertiary/aromatic N) is 2. The van der Waals surface area contributed by atoms with Crippen LogP contribution in [0.1, 0.15) is 5.56 Å². The van der Waals surface area contributed by atoms with Gasteiger partial charge in [-0.1, -0.05) is 23.2 Å². The Hall–Kier alpha value is -2.22. The summed E-state index contributed by atoms with van der Waals surface area (Å²) in [6, 6.07) is 10.7. The van der Waals surface area contributed by atoms with Gasteiger partial charge in [-0.2, -0.15) is 5.26 Å². The van der Waals surface area contributed by atoms with E-state index in [-0.39, 0.29) is 0 Å². The fourth-order valence-electron chi connectivity index (χ4n) is 2.09. The van der Waals surface area contributed by atoms with Gasteiger partial charge in [-0.15, -0.1) is 0 Å². The van der Waals surface area contributed by atoms with Crippen LogP contribution in [0.5, 0.6) is 5.75 Å². The topological polar surface area (TPSA) is 61.7 Å². The molecule has 0 bridgehead atoms. The fraction of sp³-hybridized carbons (Fsp3) is 0.0667. The molecule has 6 heteroatoms. The number of fused-ring (bicyclic) bond motifs is 1. The van der Waals surface area contributed by atoms with Crippen molar-refractivity contribution in [2.75, 3.05) is 7.11 Å². The zero-order valence-electron chi connectivity index (χ0n) is 10.9. The molecule has 0 aliphatic rings. The number of aromatic nitrogens is 2. The molecule has 0 saturated heterocycles. The van der Waals surface area contributed by atoms with E-state index in [4.69, 9.17) is 33.2 Å². The van der Waals surface area contributed by atoms with E-state index in [0.29, 0.717) is 32.7 Å². The van der Waals surface area contributed by atoms with E-state index >= 15 is 0 Å². The standard InChI is InChI=1S/C15H9Cl2N3O/c1-21-14-4-8(7-18)2-3-9(14)15-19-12-5-10(16)11(17)6-13(12)20-15/h2-6H,1H3,(H,19,20). The van der Waals surface area contributed by atoms with Crippen LogP contribution < -0.4 is 4.74 Å². The van der Waals surface area contributed by atoms with Gasteiger partial charge in [-0.25, -0.2) is 4.98 Å². The number of nitrogens with one attached hydrogen (secondary N) is 1. The number of hydrogen-bond acceptors (Lipinski definition) is 3. The number of nitriles is 1. The van der Waals surface area contributed by atoms with Crippen molar-refractivity contribution in [3.63, 3.8) is 0 Å². The number of benzene rings is 2. The molecule has 0 unspecified atom stereocenters. The lowest BCUT2D eigenvalue weighted by molar-refractivity contribution is 0.416. The highest BCUT2D eigenvalue weighted by atomic mass is 35.5. The molecule has 104 valence electrons. The third-order valence-corrected chi connectivity index (χ3v) is 3.83. The zero-order chi connectivity index (χ0) is 15.0. The van der Waals surface area contributed by atoms with Crippen molar-refractivity contribution < 1.29 is 4.74 Å². The normalized spacial score (nSPS) is 10.6. The van der Waals surface area contributed by atoms with Crippen LogP contribution in [-0.4, -0.2) is 17.1 Å². The number of halogens is 2. The van der Waals surface area contributed by atoms with E-state index in [9.17, 15) is 0 Å². The van der Waals surface area contributed by atoms with Gasteiger partial charge >= 0.3 is 0 Å². The Bertz CT molecular complexity index is 841. The molecule has 1 aromatic heterocycles. The van der Waals surface area contributed by atoms with Crippen molar-refractivity contribution in [1.29, 1.82) is 5.26 Å². The lowest BCUT2D eigenvalue weighted by Crippen LogP contribution is -1.90. The van der Waals surface area contributed by atoms with Crippen molar-refractivity contribution >= 4 is 34.2 Å². The Kier molecular flexibility index (Phi) is 3.46. The minimum atomic E-state index is 0.453. The highest BCUT2D eigenvalue weighted by Gasteiger charge is 2.12. The number of H-pyrrole nitrogens is 1. The first-order valence-electron chi connectivity index (χ1n) is 6.05. The summed E-state index contributed by atoms with van der Waals surface area (Å²) in [5.74, 6) is 1.20. The second-order valence-corrected chi connectivity index (χ2v) is 5.21. The minimum Gasteiger partial charge on any atom is -0.496 e. The number of aromatic amines is 1. The maximum atomic E-state index is 8.94. The third-order valence-electron chi connectivity index (χ3n) is 3.11. The Morgan fingerprint density at radius 1 is 1.19 bits per heavy atom. The van der Waals surface area contributed by atoms with Crippen molar-refractivity contribution in [3.8, 4) is 23.2 Å². The highest BCUT2D eigenvalue weighted by molar-refractivity contribution is 6.42. The Labute approximate surface area is 130 Å². The van der Waals surface area contributed by atoms with Crippen molar-refractivity contribution in [2.45, 2.75) is 0 Å². The van der Waals surface area contributed by atoms with Gasteiger partial charge in [0.15, 0.2) is 0 Å². The van der Waals surface area contributed by atoms with E-state index in [2.05, 4.69) is 16.0 Å². The quantitative estimate of drug-likeness (QED) is 0.761. The molecule has 0 amide bonds. The lowest BCUT2D eigenvalue weighted by Gasteiger charge is -2.05. The van der Waals surface area contributed by atoms with E-state index in [1.807, 2.05) is 0 Å². The molecule has 0 atom stereocenters. The van der Waals surface area contributed by atoms with E-state index < -0.39 is 0 Å². The highest BCUT2D eigenvalue weighted by Crippen LogP contribution is 2.32. The smallest absolute Gasteiger partial charge is 0.142 e. The predicted molar refractivity (Wildman–Crippen MR) is 82.8 cm³/mol. The molecule has 3 aromatic rings. The fourth-order valence-corrected chi connectivity index (χ4v) is 2.41. The average molecular weight is 318 g/mol. The molecule has 3 rings (SSSR count). The number of rotatable bonds is 2. The first kappa shape index (κ1) is 13.7. The molecule has 0 aliphatic heterocycles. The number of ether oxygens (including phenoxy) is 1. The Balaban J connectivity index is 2.19. The van der Waals surface area contributed by atoms with Crippen LogP contribution in [-0.2, 0) is 0 Å². The molecule has 1 heterocycles. The van der Waals surface area contributed by atoms with Gasteiger partial charge in [0.1, 0.15) is 11.6 Å². The summed E-state index contributed by atoms with van der Waals surface area (Å²) in [7, 11) is 1.55. The average Bonchev–Trinajstić information content (AvgIpc) is 2.89. The molecule has 4 nitrogen and oxygen atoms in total. The van der Waals surface area contributed by atoms with Gasteiger partial charge in [-0.3, -0.25) is 0 Å². The molecule has 0 spiro atoms. The summed E-state index contributed by atoms with van der Waals surface area (Å²) >= 11 is 12.0. The van der Waals surface area contributed by atoms with Gasteiger partial charge in [0.05, 0.1) is 45.4 Å². The summed E-state index contributed by atoms with van der Waals surface area (Å²) in [6.45, 7) is 0. The Morgan fingerprint density at radius 3 is 2.67 bits per heavy atom. The van der Waals surface area contributed by atoms with Gasteiger partial charge < -0.3 is 9.72 Å². The first-order chi connectivity index (χ1) is 10.1. The van der Waals surface area contributed by atoms with Crippen molar-refractivity contribution in [3.05, 3.63) is 45.9 Å². The Morgan fingerprint density at radius 2 is 1.95 bits per heavy atom. The molecule has 1 N–H and O–H groups in total. The lowest BCUT2D eigenvalue weighted by atomic mass is 10.1. The number of imidazole rings is 1. The molecule has 0 radical (unpaired) electrons. The molecular weight excluding hydrogens is 309 g/mol. The summed E-state index contributed by atoms with van der Waals surface area (Å²) in [5.41, 5.74) is 2.79. The molecule has 21 heavy (non-hydrogen) atoms. The van der Waals surface area contributed by atoms with Gasteiger partial charge in [0.2, 0.25) is 0 Å². The van der Waals surface area contributed by atoms with Crippen LogP contribution in [0, 0.1) is 11.3 Å². The van der Waals surface area contributed by atoms with E-state index in [1.54, 1.807) is 37.4 Å². The van der Waals surface area contributed by atoms with Gasteiger partial charge in [0.25, 0.3) is 0 Å². The second kappa shape index (κ2) is 5.28. The van der Waals surface area contributed by atoms with E-state index in [1.165, 1.54) is 0 Å². The maximum Gasteiger partial charge on any atom is 0.142 e. The third kappa shape index (κ3) is 2.42. The molecular formula is C15H9Cl2N3O. The van der Waals surface area contributed by atoms with Crippen LogP contribution in [0.25, 0.3) is 22.4 Å². The van der Waals surface area contributed by atoms with Crippen LogP contribution in [0.3, 0.4) is 0 Å². The van der Waals surface area contributed by atoms with Crippen LogP contribution in [0.2, 0.25) is 10.0 Å². The summed E-state index contributed by atoms with van der Waals surface area (Å²) in [4.78, 5) is 7.66. The van der Waals surface area contributed by atoms with Crippen LogP contribution >= 0.6 is 23.2 Å². The predicted octanol–water partition coefficient (Wildman–Crippen LogP) is 4.42. The molecule has 0 aliphatic carbocycles. The summed E-state index contributed by atoms with van der Waals surface area (Å²) in [6.07, 6.45) is 0. The molecule has 0 saturated carbocycles. The maximum absolute atomic E-state index is 8.94. The SMILES string of the molecule is COc1cc(C#N)ccc1-c1nc2cc(Cl)c(Cl)cc2[nH]1. The zero-order valence-corrected chi connectivity index (χ0v) is 12.5. The number of methoxy groups -OCH3 is 1. The monoisotopic (exact) mass is 317 g/mol. The van der Waals surface area contributed by atoms with Crippen molar-refractivity contribution in [2.24, 2.45) is 0 Å². The van der Waals surface area contributed by atoms with Gasteiger partial charge in [-0.05, 0) is 30.3 Å². The molecule has 2 aromatic carbocycles. The van der Waals surface area contributed by atoms with Gasteiger partial charge in [0, 0.05) is 0 Å². The second-order valence-electron chi connectivity index (χ2n) is 4.40. The largest absolute Gasteiger partial charge is 0.496 e. The van der Waals surface area contributed by atoms with Crippen LogP contribution in [0.4, 0.5) is 0 Å². The summed E-state index contributed by atoms with van der Waals surface area (Å²) < 4.78 is 5.32. The first-order valence-corrected chi connectivity index (χ1v) is 6.81. The molecule has 0 fully saturated rings. The number of hydrogen-bond donors (Lipinski definition) is 1. The van der Waals surface area contributed by atoms with E-state index in [0.717, 1.165) is 11.1 Å². The van der Waals surface area contributed by atoms with Crippen molar-refractivity contribution in [1.82, 2.24) is 9.97 Å². The minimum absolute atomic E-state index is 0.453. The summed E-state index contributed by atoms with van der Waals surface area (Å²) in [5, 5.41) is 9.85.